The van der Waals surface area contributed by atoms with E-state index in [1.165, 1.54) is 11.1 Å². The molecule has 4 aliphatic carbocycles. The Morgan fingerprint density at radius 2 is 1.12 bits per heavy atom. The maximum absolute atomic E-state index is 2.39. The van der Waals surface area contributed by atoms with Crippen molar-refractivity contribution < 1.29 is 0 Å². The second-order valence-corrected chi connectivity index (χ2v) is 5.03. The van der Waals surface area contributed by atoms with Crippen LogP contribution in [-0.4, -0.2) is 0 Å². The third-order valence-electron chi connectivity index (χ3n) is 4.25. The van der Waals surface area contributed by atoms with Crippen LogP contribution in [0.2, 0.25) is 0 Å². The normalized spacial score (nSPS) is 41.5. The molecule has 0 saturated heterocycles. The highest BCUT2D eigenvalue weighted by atomic mass is 14.4. The fourth-order valence-corrected chi connectivity index (χ4v) is 3.54. The number of hydrogen-bond donors (Lipinski definition) is 0. The first-order chi connectivity index (χ1) is 7.93. The number of allylic oxidation sites excluding steroid dienone is 12. The zero-order valence-corrected chi connectivity index (χ0v) is 9.08. The lowest BCUT2D eigenvalue weighted by atomic mass is 9.60. The van der Waals surface area contributed by atoms with Gasteiger partial charge in [0.2, 0.25) is 0 Å². The second kappa shape index (κ2) is 2.98. The lowest BCUT2D eigenvalue weighted by Gasteiger charge is -2.44. The molecule has 78 valence electrons. The monoisotopic (exact) mass is 206 g/mol. The van der Waals surface area contributed by atoms with Gasteiger partial charge < -0.3 is 0 Å². The molecule has 0 bridgehead atoms. The van der Waals surface area contributed by atoms with Gasteiger partial charge in [-0.15, -0.1) is 0 Å². The third-order valence-corrected chi connectivity index (χ3v) is 4.25. The molecule has 4 rings (SSSR count). The predicted molar refractivity (Wildman–Crippen MR) is 66.7 cm³/mol. The molecular weight excluding hydrogens is 192 g/mol. The van der Waals surface area contributed by atoms with Crippen molar-refractivity contribution in [1.82, 2.24) is 0 Å². The summed E-state index contributed by atoms with van der Waals surface area (Å²) in [5, 5.41) is 0. The minimum atomic E-state index is 0.612. The molecule has 4 aliphatic rings. The first kappa shape index (κ1) is 8.58. The van der Waals surface area contributed by atoms with Gasteiger partial charge in [0.1, 0.15) is 0 Å². The van der Waals surface area contributed by atoms with Gasteiger partial charge in [0.05, 0.1) is 0 Å². The summed E-state index contributed by atoms with van der Waals surface area (Å²) in [6.45, 7) is 0. The minimum Gasteiger partial charge on any atom is -0.0804 e. The average Bonchev–Trinajstić information content (AvgIpc) is 2.36. The van der Waals surface area contributed by atoms with E-state index in [0.717, 1.165) is 0 Å². The van der Waals surface area contributed by atoms with Crippen molar-refractivity contribution in [3.63, 3.8) is 0 Å². The molecule has 4 unspecified atom stereocenters. The second-order valence-electron chi connectivity index (χ2n) is 5.03. The highest BCUT2D eigenvalue weighted by Crippen LogP contribution is 2.49. The van der Waals surface area contributed by atoms with Gasteiger partial charge in [-0.25, -0.2) is 0 Å². The van der Waals surface area contributed by atoms with E-state index < -0.39 is 0 Å². The van der Waals surface area contributed by atoms with Gasteiger partial charge in [-0.05, 0) is 11.1 Å². The van der Waals surface area contributed by atoms with Gasteiger partial charge in [0.15, 0.2) is 0 Å². The molecule has 0 heterocycles. The number of rotatable bonds is 0. The van der Waals surface area contributed by atoms with Crippen molar-refractivity contribution in [2.45, 2.75) is 0 Å². The molecule has 4 atom stereocenters. The van der Waals surface area contributed by atoms with Gasteiger partial charge in [-0.2, -0.15) is 0 Å². The molecule has 16 heavy (non-hydrogen) atoms. The van der Waals surface area contributed by atoms with E-state index in [2.05, 4.69) is 60.8 Å². The summed E-state index contributed by atoms with van der Waals surface area (Å²) < 4.78 is 0. The predicted octanol–water partition coefficient (Wildman–Crippen LogP) is 3.58. The van der Waals surface area contributed by atoms with Gasteiger partial charge in [-0.1, -0.05) is 60.8 Å². The molecule has 0 aromatic rings. The van der Waals surface area contributed by atoms with E-state index in [1.807, 2.05) is 0 Å². The molecule has 0 N–H and O–H groups in total. The maximum Gasteiger partial charge on any atom is 0.00248 e. The first-order valence-corrected chi connectivity index (χ1v) is 6.07. The minimum absolute atomic E-state index is 0.612. The lowest BCUT2D eigenvalue weighted by Crippen LogP contribution is -2.35. The van der Waals surface area contributed by atoms with Crippen LogP contribution in [-0.2, 0) is 0 Å². The maximum atomic E-state index is 2.39. The molecule has 0 fully saturated rings. The van der Waals surface area contributed by atoms with Crippen LogP contribution in [0.1, 0.15) is 0 Å². The Morgan fingerprint density at radius 1 is 0.625 bits per heavy atom. The Bertz CT molecular complexity index is 462. The Labute approximate surface area is 96.1 Å². The van der Waals surface area contributed by atoms with Crippen molar-refractivity contribution in [3.8, 4) is 0 Å². The highest BCUT2D eigenvalue weighted by Gasteiger charge is 2.40. The zero-order chi connectivity index (χ0) is 10.5. The van der Waals surface area contributed by atoms with E-state index in [9.17, 15) is 0 Å². The molecule has 0 radical (unpaired) electrons. The molecule has 0 nitrogen and oxygen atoms in total. The molecule has 0 saturated carbocycles. The Hall–Kier alpha value is -1.56. The van der Waals surface area contributed by atoms with Crippen LogP contribution < -0.4 is 0 Å². The topological polar surface area (TPSA) is 0 Å². The van der Waals surface area contributed by atoms with E-state index in [0.29, 0.717) is 23.7 Å². The smallest absolute Gasteiger partial charge is 0.00248 e. The molecule has 0 amide bonds. The molecule has 0 aliphatic heterocycles. The summed E-state index contributed by atoms with van der Waals surface area (Å²) >= 11 is 0. The van der Waals surface area contributed by atoms with Crippen LogP contribution in [0, 0.1) is 23.7 Å². The number of hydrogen-bond acceptors (Lipinski definition) is 0. The Morgan fingerprint density at radius 3 is 1.62 bits per heavy atom. The van der Waals surface area contributed by atoms with Crippen LogP contribution in [0.25, 0.3) is 0 Å². The zero-order valence-electron chi connectivity index (χ0n) is 9.08. The molecular formula is C16H14. The summed E-state index contributed by atoms with van der Waals surface area (Å²) in [4.78, 5) is 0. The summed E-state index contributed by atoms with van der Waals surface area (Å²) in [7, 11) is 0. The fourth-order valence-electron chi connectivity index (χ4n) is 3.54. The van der Waals surface area contributed by atoms with Crippen LogP contribution in [0.3, 0.4) is 0 Å². The largest absolute Gasteiger partial charge is 0.0804 e. The lowest BCUT2D eigenvalue weighted by molar-refractivity contribution is 0.319. The Balaban J connectivity index is 1.95. The van der Waals surface area contributed by atoms with Crippen molar-refractivity contribution >= 4 is 0 Å². The van der Waals surface area contributed by atoms with Crippen molar-refractivity contribution in [1.29, 1.82) is 0 Å². The summed E-state index contributed by atoms with van der Waals surface area (Å²) in [5.41, 5.74) is 3.03. The van der Waals surface area contributed by atoms with Crippen LogP contribution in [0.4, 0.5) is 0 Å². The average molecular weight is 206 g/mol. The van der Waals surface area contributed by atoms with Gasteiger partial charge >= 0.3 is 0 Å². The first-order valence-electron chi connectivity index (χ1n) is 6.07. The van der Waals surface area contributed by atoms with Crippen molar-refractivity contribution in [2.24, 2.45) is 23.7 Å². The van der Waals surface area contributed by atoms with Gasteiger partial charge in [0.25, 0.3) is 0 Å². The molecule has 0 aromatic carbocycles. The van der Waals surface area contributed by atoms with E-state index in [4.69, 9.17) is 0 Å². The SMILES string of the molecule is C1=CC2C=CC3C=CC=C4C=CC(=C1)C2C43. The van der Waals surface area contributed by atoms with Crippen LogP contribution >= 0.6 is 0 Å². The fraction of sp³-hybridized carbons (Fsp3) is 0.250. The quantitative estimate of drug-likeness (QED) is 0.531. The van der Waals surface area contributed by atoms with Crippen LogP contribution in [0.15, 0.2) is 71.9 Å². The Kier molecular flexibility index (Phi) is 1.59. The standard InChI is InChI=1S/C16H14/c1-3-11-7-9-13-5-2-6-14-10-8-12(4-1)15(11)16(13)14/h1-11,13,15-16H. The van der Waals surface area contributed by atoms with Crippen molar-refractivity contribution in [2.75, 3.05) is 0 Å². The third kappa shape index (κ3) is 0.996. The summed E-state index contributed by atoms with van der Waals surface area (Å²) in [5.74, 6) is 2.59. The van der Waals surface area contributed by atoms with E-state index in [1.54, 1.807) is 0 Å². The van der Waals surface area contributed by atoms with Gasteiger partial charge in [-0.3, -0.25) is 0 Å². The molecule has 0 spiro atoms. The molecule has 0 heteroatoms. The van der Waals surface area contributed by atoms with Gasteiger partial charge in [0, 0.05) is 23.7 Å². The van der Waals surface area contributed by atoms with E-state index in [-0.39, 0.29) is 0 Å². The van der Waals surface area contributed by atoms with Crippen LogP contribution in [0.5, 0.6) is 0 Å². The van der Waals surface area contributed by atoms with E-state index >= 15 is 0 Å². The highest BCUT2D eigenvalue weighted by molar-refractivity contribution is 5.49. The summed E-state index contributed by atoms with van der Waals surface area (Å²) in [6, 6.07) is 0. The van der Waals surface area contributed by atoms with Crippen molar-refractivity contribution in [3.05, 3.63) is 71.9 Å². The molecule has 0 aromatic heterocycles. The summed E-state index contributed by atoms with van der Waals surface area (Å²) in [6.07, 6.45) is 23.1.